The summed E-state index contributed by atoms with van der Waals surface area (Å²) in [5, 5.41) is 9.06. The van der Waals surface area contributed by atoms with E-state index in [1.807, 2.05) is 26.8 Å². The van der Waals surface area contributed by atoms with Crippen LogP contribution in [0.15, 0.2) is 11.6 Å². The average molecular weight is 114 g/mol. The van der Waals surface area contributed by atoms with Crippen LogP contribution in [0.25, 0.3) is 0 Å². The van der Waals surface area contributed by atoms with Crippen LogP contribution in [0.1, 0.15) is 27.2 Å². The Kier molecular flexibility index (Phi) is 3.53. The van der Waals surface area contributed by atoms with E-state index in [1.54, 1.807) is 0 Å². The minimum Gasteiger partial charge on any atom is -0.389 e. The molecule has 0 rings (SSSR count). The van der Waals surface area contributed by atoms with Crippen molar-refractivity contribution in [2.24, 2.45) is 0 Å². The molecule has 1 nitrogen and oxygen atoms in total. The summed E-state index contributed by atoms with van der Waals surface area (Å²) in [7, 11) is 0. The number of allylic oxidation sites excluding steroid dienone is 1. The summed E-state index contributed by atoms with van der Waals surface area (Å²) in [5.74, 6) is 0. The van der Waals surface area contributed by atoms with Crippen molar-refractivity contribution in [3.05, 3.63) is 11.6 Å². The van der Waals surface area contributed by atoms with E-state index in [4.69, 9.17) is 5.11 Å². The molecule has 48 valence electrons. The van der Waals surface area contributed by atoms with Crippen molar-refractivity contribution in [3.63, 3.8) is 0 Å². The Bertz CT molecular complexity index is 84.4. The Morgan fingerprint density at radius 1 is 1.75 bits per heavy atom. The second kappa shape index (κ2) is 3.67. The largest absolute Gasteiger partial charge is 0.389 e. The first-order chi connectivity index (χ1) is 3.72. The van der Waals surface area contributed by atoms with E-state index in [1.165, 1.54) is 0 Å². The van der Waals surface area contributed by atoms with Crippen LogP contribution in [0.4, 0.5) is 0 Å². The minimum absolute atomic E-state index is 0.222. The van der Waals surface area contributed by atoms with Gasteiger partial charge in [0.25, 0.3) is 0 Å². The molecule has 8 heavy (non-hydrogen) atoms. The molecule has 0 aromatic rings. The van der Waals surface area contributed by atoms with E-state index >= 15 is 0 Å². The van der Waals surface area contributed by atoms with Crippen molar-refractivity contribution in [3.8, 4) is 0 Å². The molecule has 0 fully saturated rings. The molecule has 0 aliphatic carbocycles. The van der Waals surface area contributed by atoms with Crippen LogP contribution in [0.2, 0.25) is 0 Å². The monoisotopic (exact) mass is 114 g/mol. The molecule has 0 bridgehead atoms. The Morgan fingerprint density at radius 2 is 2.25 bits per heavy atom. The quantitative estimate of drug-likeness (QED) is 0.542. The number of aliphatic hydroxyl groups excluding tert-OH is 1. The summed E-state index contributed by atoms with van der Waals surface area (Å²) < 4.78 is 0. The SMILES string of the molecule is C/C=C(\C)[C@H](O)CC. The highest BCUT2D eigenvalue weighted by molar-refractivity contribution is 5.01. The van der Waals surface area contributed by atoms with E-state index in [0.29, 0.717) is 0 Å². The van der Waals surface area contributed by atoms with Gasteiger partial charge >= 0.3 is 0 Å². The lowest BCUT2D eigenvalue weighted by molar-refractivity contribution is 0.206. The highest BCUT2D eigenvalue weighted by Crippen LogP contribution is 2.02. The van der Waals surface area contributed by atoms with Crippen molar-refractivity contribution >= 4 is 0 Å². The summed E-state index contributed by atoms with van der Waals surface area (Å²) in [6.07, 6.45) is 2.53. The number of hydrogen-bond donors (Lipinski definition) is 1. The lowest BCUT2D eigenvalue weighted by Gasteiger charge is -2.05. The first kappa shape index (κ1) is 7.70. The minimum atomic E-state index is -0.222. The van der Waals surface area contributed by atoms with E-state index in [2.05, 4.69) is 0 Å². The standard InChI is InChI=1S/C7H14O/c1-4-6(3)7(8)5-2/h4,7-8H,5H2,1-3H3/b6-4+/t7-/m1/s1. The van der Waals surface area contributed by atoms with Gasteiger partial charge in [0.1, 0.15) is 0 Å². The van der Waals surface area contributed by atoms with Gasteiger partial charge in [0.15, 0.2) is 0 Å². The van der Waals surface area contributed by atoms with Gasteiger partial charge in [0.05, 0.1) is 6.10 Å². The topological polar surface area (TPSA) is 20.2 Å². The first-order valence-electron chi connectivity index (χ1n) is 3.03. The Labute approximate surface area is 51.0 Å². The molecular weight excluding hydrogens is 100 g/mol. The van der Waals surface area contributed by atoms with E-state index in [-0.39, 0.29) is 6.10 Å². The number of aliphatic hydroxyl groups is 1. The van der Waals surface area contributed by atoms with Gasteiger partial charge in [-0.05, 0) is 25.8 Å². The molecule has 0 spiro atoms. The highest BCUT2D eigenvalue weighted by Gasteiger charge is 1.98. The van der Waals surface area contributed by atoms with Crippen molar-refractivity contribution in [2.45, 2.75) is 33.3 Å². The third-order valence-corrected chi connectivity index (χ3v) is 1.37. The van der Waals surface area contributed by atoms with Gasteiger partial charge in [-0.1, -0.05) is 13.0 Å². The Hall–Kier alpha value is -0.300. The highest BCUT2D eigenvalue weighted by atomic mass is 16.3. The Balaban J connectivity index is 3.63. The third kappa shape index (κ3) is 2.12. The molecule has 1 heteroatoms. The molecule has 0 aliphatic rings. The van der Waals surface area contributed by atoms with Crippen LogP contribution in [-0.2, 0) is 0 Å². The lowest BCUT2D eigenvalue weighted by atomic mass is 10.1. The average Bonchev–Trinajstić information content (AvgIpc) is 1.84. The molecule has 0 amide bonds. The molecule has 1 N–H and O–H groups in total. The van der Waals surface area contributed by atoms with Crippen LogP contribution >= 0.6 is 0 Å². The van der Waals surface area contributed by atoms with Gasteiger partial charge in [0, 0.05) is 0 Å². The summed E-state index contributed by atoms with van der Waals surface area (Å²) in [4.78, 5) is 0. The molecule has 1 atom stereocenters. The molecule has 0 aliphatic heterocycles. The zero-order chi connectivity index (χ0) is 6.57. The fourth-order valence-corrected chi connectivity index (χ4v) is 0.514. The summed E-state index contributed by atoms with van der Waals surface area (Å²) in [5.41, 5.74) is 1.06. The normalized spacial score (nSPS) is 16.2. The van der Waals surface area contributed by atoms with Gasteiger partial charge in [-0.25, -0.2) is 0 Å². The van der Waals surface area contributed by atoms with Crippen molar-refractivity contribution in [2.75, 3.05) is 0 Å². The molecule has 0 unspecified atom stereocenters. The lowest BCUT2D eigenvalue weighted by Crippen LogP contribution is -2.04. The summed E-state index contributed by atoms with van der Waals surface area (Å²) >= 11 is 0. The van der Waals surface area contributed by atoms with E-state index in [9.17, 15) is 0 Å². The van der Waals surface area contributed by atoms with Crippen molar-refractivity contribution in [1.82, 2.24) is 0 Å². The zero-order valence-electron chi connectivity index (χ0n) is 5.81. The maximum absolute atomic E-state index is 9.06. The molecule has 0 aromatic carbocycles. The number of hydrogen-bond acceptors (Lipinski definition) is 1. The summed E-state index contributed by atoms with van der Waals surface area (Å²) in [6.45, 7) is 5.85. The van der Waals surface area contributed by atoms with E-state index < -0.39 is 0 Å². The van der Waals surface area contributed by atoms with Gasteiger partial charge in [-0.15, -0.1) is 0 Å². The predicted molar refractivity (Wildman–Crippen MR) is 35.7 cm³/mol. The van der Waals surface area contributed by atoms with E-state index in [0.717, 1.165) is 12.0 Å². The maximum Gasteiger partial charge on any atom is 0.0744 e. The van der Waals surface area contributed by atoms with Gasteiger partial charge in [0.2, 0.25) is 0 Å². The van der Waals surface area contributed by atoms with Crippen LogP contribution in [-0.4, -0.2) is 11.2 Å². The fourth-order valence-electron chi connectivity index (χ4n) is 0.514. The van der Waals surface area contributed by atoms with Crippen molar-refractivity contribution < 1.29 is 5.11 Å². The molecule has 0 heterocycles. The van der Waals surface area contributed by atoms with Gasteiger partial charge in [-0.2, -0.15) is 0 Å². The van der Waals surface area contributed by atoms with Crippen LogP contribution in [0, 0.1) is 0 Å². The predicted octanol–water partition coefficient (Wildman–Crippen LogP) is 1.72. The van der Waals surface area contributed by atoms with Gasteiger partial charge < -0.3 is 5.11 Å². The molecule has 0 radical (unpaired) electrons. The number of rotatable bonds is 2. The molecule has 0 saturated heterocycles. The van der Waals surface area contributed by atoms with Crippen LogP contribution in [0.3, 0.4) is 0 Å². The maximum atomic E-state index is 9.06. The third-order valence-electron chi connectivity index (χ3n) is 1.37. The van der Waals surface area contributed by atoms with Crippen LogP contribution in [0.5, 0.6) is 0 Å². The fraction of sp³-hybridized carbons (Fsp3) is 0.714. The van der Waals surface area contributed by atoms with Gasteiger partial charge in [-0.3, -0.25) is 0 Å². The first-order valence-corrected chi connectivity index (χ1v) is 3.03. The smallest absolute Gasteiger partial charge is 0.0744 e. The second-order valence-corrected chi connectivity index (χ2v) is 1.96. The molecule has 0 saturated carbocycles. The molecular formula is C7H14O. The summed E-state index contributed by atoms with van der Waals surface area (Å²) in [6, 6.07) is 0. The zero-order valence-corrected chi connectivity index (χ0v) is 5.81. The molecule has 0 aromatic heterocycles. The Morgan fingerprint density at radius 3 is 2.38 bits per heavy atom. The van der Waals surface area contributed by atoms with Crippen molar-refractivity contribution in [1.29, 1.82) is 0 Å². The second-order valence-electron chi connectivity index (χ2n) is 1.96. The van der Waals surface area contributed by atoms with Crippen LogP contribution < -0.4 is 0 Å².